The van der Waals surface area contributed by atoms with E-state index < -0.39 is 50.1 Å². The summed E-state index contributed by atoms with van der Waals surface area (Å²) >= 11 is 0. The van der Waals surface area contributed by atoms with Crippen LogP contribution in [-0.2, 0) is 23.4 Å². The van der Waals surface area contributed by atoms with Gasteiger partial charge in [0.05, 0.1) is 12.6 Å². The predicted octanol–water partition coefficient (Wildman–Crippen LogP) is 4.07. The van der Waals surface area contributed by atoms with Crippen molar-refractivity contribution in [3.05, 3.63) is 60.7 Å². The number of benzene rings is 2. The third kappa shape index (κ3) is 7.84. The summed E-state index contributed by atoms with van der Waals surface area (Å²) in [5.41, 5.74) is 4.52. The van der Waals surface area contributed by atoms with Crippen LogP contribution in [0.5, 0.6) is 0 Å². The van der Waals surface area contributed by atoms with E-state index in [1.54, 1.807) is 34.6 Å². The standard InChI is InChI=1S/C30H44N2O7Si/c1-28(2,3)39-27(34)32-23(25-24(20-35-26(31)33)37-30(7,8)38-25)19-36-40(29(4,5)6,21-15-11-9-12-16-21)22-17-13-10-14-18-22/h9-18,23-25H,19-20H2,1-8H3,(H2,31,33)(H,32,34)/t23-,24+,25+/m1/s1. The summed E-state index contributed by atoms with van der Waals surface area (Å²) in [4.78, 5) is 24.4. The van der Waals surface area contributed by atoms with Crippen molar-refractivity contribution in [2.45, 2.75) is 90.1 Å². The molecule has 3 N–H and O–H groups in total. The molecule has 3 rings (SSSR count). The Bertz CT molecular complexity index is 1090. The van der Waals surface area contributed by atoms with Gasteiger partial charge in [0.25, 0.3) is 8.32 Å². The minimum Gasteiger partial charge on any atom is -0.447 e. The molecular weight excluding hydrogens is 528 g/mol. The van der Waals surface area contributed by atoms with Crippen molar-refractivity contribution < 1.29 is 33.0 Å². The fraction of sp³-hybridized carbons (Fsp3) is 0.533. The van der Waals surface area contributed by atoms with Gasteiger partial charge in [0.2, 0.25) is 0 Å². The molecule has 0 aromatic heterocycles. The summed E-state index contributed by atoms with van der Waals surface area (Å²) in [6.07, 6.45) is -2.97. The van der Waals surface area contributed by atoms with Gasteiger partial charge >= 0.3 is 12.2 Å². The summed E-state index contributed by atoms with van der Waals surface area (Å²) < 4.78 is 30.1. The van der Waals surface area contributed by atoms with E-state index in [-0.39, 0.29) is 18.3 Å². The Hall–Kier alpha value is -2.92. The van der Waals surface area contributed by atoms with Crippen molar-refractivity contribution >= 4 is 30.9 Å². The quantitative estimate of drug-likeness (QED) is 0.435. The molecule has 1 aliphatic rings. The first kappa shape index (κ1) is 31.6. The zero-order chi connectivity index (χ0) is 29.8. The molecule has 220 valence electrons. The van der Waals surface area contributed by atoms with Crippen LogP contribution in [0.15, 0.2) is 60.7 Å². The van der Waals surface area contributed by atoms with Gasteiger partial charge in [-0.15, -0.1) is 0 Å². The van der Waals surface area contributed by atoms with Gasteiger partial charge in [-0.2, -0.15) is 0 Å². The van der Waals surface area contributed by atoms with Crippen LogP contribution in [0, 0.1) is 0 Å². The zero-order valence-electron chi connectivity index (χ0n) is 24.9. The van der Waals surface area contributed by atoms with E-state index >= 15 is 0 Å². The third-order valence-electron chi connectivity index (χ3n) is 6.61. The maximum Gasteiger partial charge on any atom is 0.408 e. The molecule has 2 aromatic rings. The lowest BCUT2D eigenvalue weighted by molar-refractivity contribution is -0.151. The van der Waals surface area contributed by atoms with Gasteiger partial charge in [-0.1, -0.05) is 81.4 Å². The second-order valence-corrected chi connectivity index (χ2v) is 16.8. The van der Waals surface area contributed by atoms with Crippen LogP contribution in [0.3, 0.4) is 0 Å². The molecule has 0 aliphatic carbocycles. The van der Waals surface area contributed by atoms with Crippen LogP contribution in [0.4, 0.5) is 9.59 Å². The molecule has 9 nitrogen and oxygen atoms in total. The number of amides is 2. The van der Waals surface area contributed by atoms with Crippen molar-refractivity contribution in [1.29, 1.82) is 0 Å². The highest BCUT2D eigenvalue weighted by Gasteiger charge is 2.52. The molecule has 2 aromatic carbocycles. The van der Waals surface area contributed by atoms with Gasteiger partial charge in [-0.3, -0.25) is 0 Å². The van der Waals surface area contributed by atoms with E-state index in [9.17, 15) is 9.59 Å². The molecular formula is C30H44N2O7Si. The monoisotopic (exact) mass is 572 g/mol. The van der Waals surface area contributed by atoms with Crippen molar-refractivity contribution in [3.63, 3.8) is 0 Å². The highest BCUT2D eigenvalue weighted by molar-refractivity contribution is 6.99. The first-order valence-electron chi connectivity index (χ1n) is 13.6. The summed E-state index contributed by atoms with van der Waals surface area (Å²) in [6.45, 7) is 15.4. The maximum atomic E-state index is 13.0. The Morgan fingerprint density at radius 1 is 0.950 bits per heavy atom. The number of hydrogen-bond acceptors (Lipinski definition) is 7. The molecule has 0 saturated carbocycles. The summed E-state index contributed by atoms with van der Waals surface area (Å²) in [7, 11) is -2.95. The average molecular weight is 573 g/mol. The minimum atomic E-state index is -2.95. The summed E-state index contributed by atoms with van der Waals surface area (Å²) in [5.74, 6) is -0.998. The molecule has 0 spiro atoms. The molecule has 40 heavy (non-hydrogen) atoms. The van der Waals surface area contributed by atoms with E-state index in [1.807, 2.05) is 36.4 Å². The summed E-state index contributed by atoms with van der Waals surface area (Å²) in [6, 6.07) is 19.7. The number of nitrogens with two attached hydrogens (primary N) is 1. The number of carbonyl (C=O) groups excluding carboxylic acids is 2. The molecule has 3 atom stereocenters. The normalized spacial score (nSPS) is 20.0. The molecule has 10 heteroatoms. The Morgan fingerprint density at radius 3 is 1.93 bits per heavy atom. The predicted molar refractivity (Wildman–Crippen MR) is 156 cm³/mol. The van der Waals surface area contributed by atoms with Gasteiger partial charge in [-0.05, 0) is 50.0 Å². The first-order valence-corrected chi connectivity index (χ1v) is 15.5. The Balaban J connectivity index is 2.05. The minimum absolute atomic E-state index is 0.0870. The summed E-state index contributed by atoms with van der Waals surface area (Å²) in [5, 5.41) is 4.87. The van der Waals surface area contributed by atoms with Crippen molar-refractivity contribution in [2.75, 3.05) is 13.2 Å². The fourth-order valence-electron chi connectivity index (χ4n) is 5.15. The average Bonchev–Trinajstić information content (AvgIpc) is 3.16. The molecule has 2 amide bonds. The number of primary amides is 1. The molecule has 1 heterocycles. The number of hydrogen-bond donors (Lipinski definition) is 2. The third-order valence-corrected chi connectivity index (χ3v) is 11.6. The van der Waals surface area contributed by atoms with Crippen LogP contribution >= 0.6 is 0 Å². The SMILES string of the molecule is CC(C)(C)OC(=O)N[C@H](CO[Si](c1ccccc1)(c1ccccc1)C(C)(C)C)[C@@H]1OC(C)(C)O[C@H]1COC(N)=O. The first-order chi connectivity index (χ1) is 18.5. The molecule has 1 aliphatic heterocycles. The van der Waals surface area contributed by atoms with Gasteiger partial charge in [-0.25, -0.2) is 9.59 Å². The van der Waals surface area contributed by atoms with E-state index in [0.717, 1.165) is 10.4 Å². The lowest BCUT2D eigenvalue weighted by Gasteiger charge is -2.44. The molecule has 0 unspecified atom stereocenters. The van der Waals surface area contributed by atoms with Crippen LogP contribution in [0.2, 0.25) is 5.04 Å². The van der Waals surface area contributed by atoms with Gasteiger partial charge in [0.15, 0.2) is 5.79 Å². The molecule has 1 saturated heterocycles. The molecule has 1 fully saturated rings. The van der Waals surface area contributed by atoms with Gasteiger partial charge in [0, 0.05) is 0 Å². The van der Waals surface area contributed by atoms with Crippen molar-refractivity contribution in [2.24, 2.45) is 5.73 Å². The lowest BCUT2D eigenvalue weighted by atomic mass is 10.1. The van der Waals surface area contributed by atoms with E-state index in [4.69, 9.17) is 29.1 Å². The Labute approximate surface area is 238 Å². The maximum absolute atomic E-state index is 13.0. The largest absolute Gasteiger partial charge is 0.447 e. The van der Waals surface area contributed by atoms with E-state index in [0.29, 0.717) is 0 Å². The van der Waals surface area contributed by atoms with Crippen LogP contribution < -0.4 is 21.4 Å². The van der Waals surface area contributed by atoms with Crippen molar-refractivity contribution in [1.82, 2.24) is 5.32 Å². The number of alkyl carbamates (subject to hydrolysis) is 1. The van der Waals surface area contributed by atoms with Gasteiger partial charge in [0.1, 0.15) is 24.4 Å². The number of rotatable bonds is 9. The number of ether oxygens (including phenoxy) is 4. The Morgan fingerprint density at radius 2 is 1.48 bits per heavy atom. The fourth-order valence-corrected chi connectivity index (χ4v) is 9.74. The topological polar surface area (TPSA) is 118 Å². The number of carbonyl (C=O) groups is 2. The molecule has 0 radical (unpaired) electrons. The van der Waals surface area contributed by atoms with Crippen LogP contribution in [0.1, 0.15) is 55.4 Å². The zero-order valence-corrected chi connectivity index (χ0v) is 25.9. The van der Waals surface area contributed by atoms with E-state index in [2.05, 4.69) is 50.4 Å². The highest BCUT2D eigenvalue weighted by Crippen LogP contribution is 2.38. The Kier molecular flexibility index (Phi) is 9.72. The van der Waals surface area contributed by atoms with Gasteiger partial charge < -0.3 is 34.4 Å². The lowest BCUT2D eigenvalue weighted by Crippen LogP contribution is -2.68. The second kappa shape index (κ2) is 12.3. The second-order valence-electron chi connectivity index (χ2n) is 12.5. The van der Waals surface area contributed by atoms with E-state index in [1.165, 1.54) is 0 Å². The van der Waals surface area contributed by atoms with Crippen LogP contribution in [-0.4, -0.2) is 63.4 Å². The molecule has 0 bridgehead atoms. The number of nitrogens with one attached hydrogen (secondary N) is 1. The highest BCUT2D eigenvalue weighted by atomic mass is 28.4. The smallest absolute Gasteiger partial charge is 0.408 e. The van der Waals surface area contributed by atoms with Crippen LogP contribution in [0.25, 0.3) is 0 Å². The van der Waals surface area contributed by atoms with Crippen molar-refractivity contribution in [3.8, 4) is 0 Å².